The van der Waals surface area contributed by atoms with Gasteiger partial charge in [-0.25, -0.2) is 0 Å². The van der Waals surface area contributed by atoms with Crippen LogP contribution in [0.3, 0.4) is 0 Å². The minimum Gasteiger partial charge on any atom is -0.312 e. The zero-order valence-corrected chi connectivity index (χ0v) is 14.4. The number of benzene rings is 1. The summed E-state index contributed by atoms with van der Waals surface area (Å²) in [5, 5.41) is 3.66. The summed E-state index contributed by atoms with van der Waals surface area (Å²) in [7, 11) is 0. The monoisotopic (exact) mass is 287 g/mol. The second-order valence-corrected chi connectivity index (χ2v) is 7.87. The first-order valence-corrected chi connectivity index (χ1v) is 8.79. The molecule has 0 unspecified atom stereocenters. The predicted molar refractivity (Wildman–Crippen MR) is 92.6 cm³/mol. The highest BCUT2D eigenvalue weighted by Crippen LogP contribution is 2.30. The van der Waals surface area contributed by atoms with E-state index in [1.54, 1.807) is 0 Å². The molecule has 118 valence electrons. The molecular weight excluding hydrogens is 254 g/mol. The molecular formula is C20H33N. The molecule has 0 spiro atoms. The maximum Gasteiger partial charge on any atom is 0.0205 e. The lowest BCUT2D eigenvalue weighted by Crippen LogP contribution is -2.26. The van der Waals surface area contributed by atoms with Crippen molar-refractivity contribution in [2.45, 2.75) is 71.8 Å². The van der Waals surface area contributed by atoms with Gasteiger partial charge in [0.05, 0.1) is 0 Å². The quantitative estimate of drug-likeness (QED) is 0.776. The van der Waals surface area contributed by atoms with Gasteiger partial charge in [-0.3, -0.25) is 0 Å². The lowest BCUT2D eigenvalue weighted by molar-refractivity contribution is 0.262. The van der Waals surface area contributed by atoms with Crippen LogP contribution in [-0.2, 0) is 12.0 Å². The Kier molecular flexibility index (Phi) is 5.87. The molecule has 1 aromatic carbocycles. The van der Waals surface area contributed by atoms with Crippen LogP contribution in [0.1, 0.15) is 70.9 Å². The van der Waals surface area contributed by atoms with Crippen molar-refractivity contribution < 1.29 is 0 Å². The third kappa shape index (κ3) is 5.14. The Hall–Kier alpha value is -0.820. The van der Waals surface area contributed by atoms with E-state index in [-0.39, 0.29) is 5.41 Å². The molecule has 0 aliphatic heterocycles. The Morgan fingerprint density at radius 1 is 0.952 bits per heavy atom. The molecule has 1 aromatic rings. The smallest absolute Gasteiger partial charge is 0.0205 e. The Morgan fingerprint density at radius 2 is 1.52 bits per heavy atom. The molecule has 2 rings (SSSR count). The third-order valence-electron chi connectivity index (χ3n) is 5.13. The van der Waals surface area contributed by atoms with Gasteiger partial charge in [-0.2, -0.15) is 0 Å². The molecule has 1 saturated carbocycles. The minimum absolute atomic E-state index is 0.254. The van der Waals surface area contributed by atoms with Crippen LogP contribution in [0.2, 0.25) is 0 Å². The van der Waals surface area contributed by atoms with Crippen LogP contribution in [0.4, 0.5) is 0 Å². The normalized spacial score (nSPS) is 23.2. The van der Waals surface area contributed by atoms with E-state index in [0.29, 0.717) is 0 Å². The summed E-state index contributed by atoms with van der Waals surface area (Å²) in [6.07, 6.45) is 7.12. The van der Waals surface area contributed by atoms with Crippen LogP contribution < -0.4 is 5.32 Å². The molecule has 21 heavy (non-hydrogen) atoms. The molecule has 0 saturated heterocycles. The average molecular weight is 287 g/mol. The van der Waals surface area contributed by atoms with Crippen molar-refractivity contribution in [1.29, 1.82) is 0 Å². The van der Waals surface area contributed by atoms with Crippen LogP contribution in [0.5, 0.6) is 0 Å². The van der Waals surface area contributed by atoms with E-state index < -0.39 is 0 Å². The lowest BCUT2D eigenvalue weighted by Gasteiger charge is -2.28. The first kappa shape index (κ1) is 16.5. The Labute approximate surface area is 131 Å². The van der Waals surface area contributed by atoms with Crippen LogP contribution in [-0.4, -0.2) is 6.54 Å². The highest BCUT2D eigenvalue weighted by Gasteiger charge is 2.19. The van der Waals surface area contributed by atoms with Gasteiger partial charge in [-0.05, 0) is 47.8 Å². The molecule has 0 heterocycles. The van der Waals surface area contributed by atoms with E-state index in [4.69, 9.17) is 0 Å². The van der Waals surface area contributed by atoms with Crippen LogP contribution in [0, 0.1) is 11.8 Å². The van der Waals surface area contributed by atoms with Crippen molar-refractivity contribution in [3.63, 3.8) is 0 Å². The maximum atomic E-state index is 3.66. The first-order chi connectivity index (χ1) is 9.99. The molecule has 0 bridgehead atoms. The molecule has 1 aliphatic rings. The zero-order valence-electron chi connectivity index (χ0n) is 14.4. The molecule has 1 N–H and O–H groups in total. The molecule has 1 fully saturated rings. The Morgan fingerprint density at radius 3 is 2.05 bits per heavy atom. The summed E-state index contributed by atoms with van der Waals surface area (Å²) in [4.78, 5) is 0. The minimum atomic E-state index is 0.254. The van der Waals surface area contributed by atoms with Gasteiger partial charge < -0.3 is 5.32 Å². The summed E-state index contributed by atoms with van der Waals surface area (Å²) < 4.78 is 0. The van der Waals surface area contributed by atoms with Gasteiger partial charge in [-0.1, -0.05) is 71.2 Å². The fourth-order valence-electron chi connectivity index (χ4n) is 3.39. The summed E-state index contributed by atoms with van der Waals surface area (Å²) >= 11 is 0. The largest absolute Gasteiger partial charge is 0.312 e. The number of hydrogen-bond acceptors (Lipinski definition) is 1. The van der Waals surface area contributed by atoms with Crippen molar-refractivity contribution >= 4 is 0 Å². The molecule has 1 nitrogen and oxygen atoms in total. The zero-order chi connectivity index (χ0) is 15.3. The van der Waals surface area contributed by atoms with Crippen LogP contribution >= 0.6 is 0 Å². The van der Waals surface area contributed by atoms with Crippen molar-refractivity contribution in [2.75, 3.05) is 6.54 Å². The van der Waals surface area contributed by atoms with Gasteiger partial charge in [0.25, 0.3) is 0 Å². The van der Waals surface area contributed by atoms with Gasteiger partial charge in [0.15, 0.2) is 0 Å². The van der Waals surface area contributed by atoms with E-state index in [9.17, 15) is 0 Å². The van der Waals surface area contributed by atoms with Gasteiger partial charge >= 0.3 is 0 Å². The lowest BCUT2D eigenvalue weighted by atomic mass is 9.81. The average Bonchev–Trinajstić information content (AvgIpc) is 2.47. The van der Waals surface area contributed by atoms with E-state index in [2.05, 4.69) is 57.3 Å². The third-order valence-corrected chi connectivity index (χ3v) is 5.13. The van der Waals surface area contributed by atoms with E-state index in [1.807, 2.05) is 0 Å². The number of hydrogen-bond donors (Lipinski definition) is 1. The topological polar surface area (TPSA) is 12.0 Å². The molecule has 0 radical (unpaired) electrons. The molecule has 1 aliphatic carbocycles. The standard InChI is InChI=1S/C20H33N/c1-5-16-6-8-17(9-7-16)14-21-15-18-10-12-19(13-11-18)20(2,3)4/h10-13,16-17,21H,5-9,14-15H2,1-4H3. The second-order valence-electron chi connectivity index (χ2n) is 7.87. The highest BCUT2D eigenvalue weighted by molar-refractivity contribution is 5.27. The van der Waals surface area contributed by atoms with Crippen molar-refractivity contribution in [3.05, 3.63) is 35.4 Å². The highest BCUT2D eigenvalue weighted by atomic mass is 14.9. The predicted octanol–water partition coefficient (Wildman–Crippen LogP) is 5.29. The van der Waals surface area contributed by atoms with E-state index >= 15 is 0 Å². The Balaban J connectivity index is 1.72. The van der Waals surface area contributed by atoms with Gasteiger partial charge in [0, 0.05) is 6.54 Å². The maximum absolute atomic E-state index is 3.66. The Bertz CT molecular complexity index is 404. The van der Waals surface area contributed by atoms with Crippen molar-refractivity contribution in [2.24, 2.45) is 11.8 Å². The number of rotatable bonds is 5. The van der Waals surface area contributed by atoms with E-state index in [0.717, 1.165) is 18.4 Å². The molecule has 0 amide bonds. The van der Waals surface area contributed by atoms with Crippen molar-refractivity contribution in [1.82, 2.24) is 5.32 Å². The fourth-order valence-corrected chi connectivity index (χ4v) is 3.39. The van der Waals surface area contributed by atoms with Crippen molar-refractivity contribution in [3.8, 4) is 0 Å². The fraction of sp³-hybridized carbons (Fsp3) is 0.700. The number of nitrogens with one attached hydrogen (secondary N) is 1. The molecule has 0 atom stereocenters. The van der Waals surface area contributed by atoms with Gasteiger partial charge in [0.1, 0.15) is 0 Å². The molecule has 0 aromatic heterocycles. The summed E-state index contributed by atoms with van der Waals surface area (Å²) in [6.45, 7) is 11.4. The van der Waals surface area contributed by atoms with Gasteiger partial charge in [-0.15, -0.1) is 0 Å². The first-order valence-electron chi connectivity index (χ1n) is 8.79. The molecule has 1 heteroatoms. The van der Waals surface area contributed by atoms with Crippen LogP contribution in [0.15, 0.2) is 24.3 Å². The van der Waals surface area contributed by atoms with E-state index in [1.165, 1.54) is 49.8 Å². The second kappa shape index (κ2) is 7.45. The van der Waals surface area contributed by atoms with Crippen LogP contribution in [0.25, 0.3) is 0 Å². The summed E-state index contributed by atoms with van der Waals surface area (Å²) in [6, 6.07) is 9.12. The summed E-state index contributed by atoms with van der Waals surface area (Å²) in [5.74, 6) is 1.91. The van der Waals surface area contributed by atoms with Gasteiger partial charge in [0.2, 0.25) is 0 Å². The summed E-state index contributed by atoms with van der Waals surface area (Å²) in [5.41, 5.74) is 3.08. The SMILES string of the molecule is CCC1CCC(CNCc2ccc(C(C)(C)C)cc2)CC1.